The first kappa shape index (κ1) is 24.3. The van der Waals surface area contributed by atoms with Crippen LogP contribution < -0.4 is 10.1 Å². The number of halogens is 1. The second-order valence-electron chi connectivity index (χ2n) is 8.81. The van der Waals surface area contributed by atoms with Crippen LogP contribution in [0, 0.1) is 20.8 Å². The van der Waals surface area contributed by atoms with Crippen molar-refractivity contribution in [3.05, 3.63) is 63.1 Å². The van der Waals surface area contributed by atoms with Crippen molar-refractivity contribution in [2.45, 2.75) is 72.0 Å². The molecule has 0 saturated heterocycles. The maximum absolute atomic E-state index is 13.3. The lowest BCUT2D eigenvalue weighted by Gasteiger charge is -2.30. The highest BCUT2D eigenvalue weighted by molar-refractivity contribution is 9.10. The number of carbonyl (C=O) groups is 2. The van der Waals surface area contributed by atoms with Crippen LogP contribution in [0.3, 0.4) is 0 Å². The molecule has 3 rings (SSSR count). The Morgan fingerprint density at radius 2 is 1.88 bits per heavy atom. The van der Waals surface area contributed by atoms with Gasteiger partial charge in [0.25, 0.3) is 5.91 Å². The van der Waals surface area contributed by atoms with Gasteiger partial charge in [0.1, 0.15) is 11.8 Å². The summed E-state index contributed by atoms with van der Waals surface area (Å²) in [4.78, 5) is 27.9. The summed E-state index contributed by atoms with van der Waals surface area (Å²) in [6.45, 7) is 8.06. The minimum atomic E-state index is -0.592. The van der Waals surface area contributed by atoms with Gasteiger partial charge in [0.15, 0.2) is 6.61 Å². The molecular weight excluding hydrogens is 468 g/mol. The summed E-state index contributed by atoms with van der Waals surface area (Å²) in [6.07, 6.45) is 4.30. The monoisotopic (exact) mass is 500 g/mol. The van der Waals surface area contributed by atoms with E-state index in [1.807, 2.05) is 51.1 Å². The Balaban J connectivity index is 1.75. The van der Waals surface area contributed by atoms with Crippen molar-refractivity contribution in [2.75, 3.05) is 6.61 Å². The van der Waals surface area contributed by atoms with Crippen molar-refractivity contribution in [1.29, 1.82) is 0 Å². The summed E-state index contributed by atoms with van der Waals surface area (Å²) in [5.74, 6) is 0.391. The fourth-order valence-electron chi connectivity index (χ4n) is 4.18. The van der Waals surface area contributed by atoms with Crippen LogP contribution in [0.2, 0.25) is 0 Å². The molecule has 0 heterocycles. The Bertz CT molecular complexity index is 970. The summed E-state index contributed by atoms with van der Waals surface area (Å²) in [5.41, 5.74) is 4.19. The molecule has 0 aromatic heterocycles. The van der Waals surface area contributed by atoms with Gasteiger partial charge in [0.2, 0.25) is 5.91 Å². The van der Waals surface area contributed by atoms with E-state index in [0.717, 1.165) is 52.4 Å². The van der Waals surface area contributed by atoms with E-state index in [1.54, 1.807) is 11.8 Å². The van der Waals surface area contributed by atoms with Crippen LogP contribution in [0.5, 0.6) is 5.75 Å². The van der Waals surface area contributed by atoms with E-state index in [9.17, 15) is 9.59 Å². The largest absolute Gasteiger partial charge is 0.483 e. The fourth-order valence-corrected chi connectivity index (χ4v) is 4.63. The minimum absolute atomic E-state index is 0.108. The minimum Gasteiger partial charge on any atom is -0.483 e. The molecule has 0 radical (unpaired) electrons. The smallest absolute Gasteiger partial charge is 0.261 e. The Labute approximate surface area is 199 Å². The number of hydrogen-bond donors (Lipinski definition) is 1. The van der Waals surface area contributed by atoms with Crippen LogP contribution in [-0.2, 0) is 16.1 Å². The lowest BCUT2D eigenvalue weighted by molar-refractivity contribution is -0.142. The molecule has 2 amide bonds. The molecular formula is C26H33BrN2O3. The van der Waals surface area contributed by atoms with Crippen LogP contribution in [-0.4, -0.2) is 35.4 Å². The van der Waals surface area contributed by atoms with Crippen LogP contribution in [0.4, 0.5) is 0 Å². The first-order valence-electron chi connectivity index (χ1n) is 11.3. The predicted molar refractivity (Wildman–Crippen MR) is 131 cm³/mol. The second-order valence-corrected chi connectivity index (χ2v) is 9.73. The zero-order chi connectivity index (χ0) is 23.3. The van der Waals surface area contributed by atoms with Gasteiger partial charge < -0.3 is 15.0 Å². The molecule has 1 unspecified atom stereocenters. The first-order chi connectivity index (χ1) is 15.2. The first-order valence-corrected chi connectivity index (χ1v) is 12.1. The third-order valence-electron chi connectivity index (χ3n) is 6.23. The molecule has 5 nitrogen and oxygen atoms in total. The van der Waals surface area contributed by atoms with Crippen molar-refractivity contribution >= 4 is 27.7 Å². The molecule has 1 saturated carbocycles. The van der Waals surface area contributed by atoms with Gasteiger partial charge in [-0.15, -0.1) is 0 Å². The topological polar surface area (TPSA) is 58.6 Å². The van der Waals surface area contributed by atoms with Crippen LogP contribution >= 0.6 is 15.9 Å². The maximum atomic E-state index is 13.3. The molecule has 6 heteroatoms. The van der Waals surface area contributed by atoms with Crippen molar-refractivity contribution in [3.63, 3.8) is 0 Å². The number of hydrogen-bond acceptors (Lipinski definition) is 3. The highest BCUT2D eigenvalue weighted by Crippen LogP contribution is 2.24. The molecule has 0 aliphatic heterocycles. The molecule has 172 valence electrons. The lowest BCUT2D eigenvalue weighted by Crippen LogP contribution is -2.50. The van der Waals surface area contributed by atoms with Gasteiger partial charge in [-0.3, -0.25) is 9.59 Å². The Kier molecular flexibility index (Phi) is 8.35. The Hall–Kier alpha value is -2.34. The summed E-state index contributed by atoms with van der Waals surface area (Å²) in [5, 5.41) is 3.13. The van der Waals surface area contributed by atoms with Gasteiger partial charge in [-0.2, -0.15) is 0 Å². The molecule has 1 aliphatic carbocycles. The summed E-state index contributed by atoms with van der Waals surface area (Å²) in [7, 11) is 0. The molecule has 1 N–H and O–H groups in total. The zero-order valence-corrected chi connectivity index (χ0v) is 21.0. The SMILES string of the molecule is Cc1cc(C)c(C)c(OCC(=O)N(Cc2cccc(Br)c2)C(C)C(=O)NC2CCCC2)c1. The van der Waals surface area contributed by atoms with Crippen LogP contribution in [0.25, 0.3) is 0 Å². The fraction of sp³-hybridized carbons (Fsp3) is 0.462. The standard InChI is InChI=1S/C26H33BrN2O3/c1-17-12-18(2)19(3)24(13-17)32-16-25(30)29(15-21-8-7-9-22(27)14-21)20(4)26(31)28-23-10-5-6-11-23/h7-9,12-14,20,23H,5-6,10-11,15-16H2,1-4H3,(H,28,31). The number of aryl methyl sites for hydroxylation is 2. The van der Waals surface area contributed by atoms with Gasteiger partial charge in [0, 0.05) is 17.1 Å². The number of carbonyl (C=O) groups excluding carboxylic acids is 2. The molecule has 1 aliphatic rings. The maximum Gasteiger partial charge on any atom is 0.261 e. The summed E-state index contributed by atoms with van der Waals surface area (Å²) >= 11 is 3.49. The molecule has 0 spiro atoms. The van der Waals surface area contributed by atoms with Gasteiger partial charge in [-0.1, -0.05) is 47.0 Å². The van der Waals surface area contributed by atoms with E-state index in [4.69, 9.17) is 4.74 Å². The molecule has 1 fully saturated rings. The van der Waals surface area contributed by atoms with Crippen molar-refractivity contribution in [1.82, 2.24) is 10.2 Å². The van der Waals surface area contributed by atoms with Crippen molar-refractivity contribution < 1.29 is 14.3 Å². The number of nitrogens with one attached hydrogen (secondary N) is 1. The lowest BCUT2D eigenvalue weighted by atomic mass is 10.1. The van der Waals surface area contributed by atoms with Gasteiger partial charge in [0.05, 0.1) is 0 Å². The predicted octanol–water partition coefficient (Wildman–Crippen LogP) is 5.23. The van der Waals surface area contributed by atoms with Gasteiger partial charge >= 0.3 is 0 Å². The normalized spacial score (nSPS) is 14.8. The molecule has 32 heavy (non-hydrogen) atoms. The third kappa shape index (κ3) is 6.35. The average molecular weight is 501 g/mol. The van der Waals surface area contributed by atoms with Crippen LogP contribution in [0.15, 0.2) is 40.9 Å². The molecule has 2 aromatic carbocycles. The quantitative estimate of drug-likeness (QED) is 0.539. The highest BCUT2D eigenvalue weighted by atomic mass is 79.9. The third-order valence-corrected chi connectivity index (χ3v) is 6.72. The van der Waals surface area contributed by atoms with Crippen molar-refractivity contribution in [2.24, 2.45) is 0 Å². The number of nitrogens with zero attached hydrogens (tertiary/aromatic N) is 1. The van der Waals surface area contributed by atoms with E-state index < -0.39 is 6.04 Å². The average Bonchev–Trinajstić information content (AvgIpc) is 3.26. The van der Waals surface area contributed by atoms with Crippen LogP contribution in [0.1, 0.15) is 54.9 Å². The second kappa shape index (κ2) is 11.0. The number of rotatable bonds is 8. The summed E-state index contributed by atoms with van der Waals surface area (Å²) in [6, 6.07) is 11.5. The number of benzene rings is 2. The Morgan fingerprint density at radius 1 is 1.16 bits per heavy atom. The van der Waals surface area contributed by atoms with E-state index >= 15 is 0 Å². The van der Waals surface area contributed by atoms with E-state index in [-0.39, 0.29) is 24.5 Å². The molecule has 1 atom stereocenters. The Morgan fingerprint density at radius 3 is 2.56 bits per heavy atom. The van der Waals surface area contributed by atoms with E-state index in [1.165, 1.54) is 0 Å². The summed E-state index contributed by atoms with van der Waals surface area (Å²) < 4.78 is 6.87. The number of amides is 2. The van der Waals surface area contributed by atoms with Crippen molar-refractivity contribution in [3.8, 4) is 5.75 Å². The molecule has 2 aromatic rings. The zero-order valence-electron chi connectivity index (χ0n) is 19.4. The van der Waals surface area contributed by atoms with E-state index in [0.29, 0.717) is 12.3 Å². The van der Waals surface area contributed by atoms with Gasteiger partial charge in [-0.25, -0.2) is 0 Å². The number of ether oxygens (including phenoxy) is 1. The van der Waals surface area contributed by atoms with Gasteiger partial charge in [-0.05, 0) is 81.0 Å². The van der Waals surface area contributed by atoms with E-state index in [2.05, 4.69) is 27.3 Å². The molecule has 0 bridgehead atoms. The highest BCUT2D eigenvalue weighted by Gasteiger charge is 2.29.